The second-order valence-corrected chi connectivity index (χ2v) is 8.55. The van der Waals surface area contributed by atoms with Gasteiger partial charge in [-0.2, -0.15) is 9.61 Å². The van der Waals surface area contributed by atoms with Gasteiger partial charge in [-0.1, -0.05) is 19.1 Å². The molecule has 1 aromatic carbocycles. The lowest BCUT2D eigenvalue weighted by Crippen LogP contribution is -2.48. The van der Waals surface area contributed by atoms with Crippen molar-refractivity contribution in [3.63, 3.8) is 0 Å². The van der Waals surface area contributed by atoms with Crippen LogP contribution in [-0.2, 0) is 0 Å². The van der Waals surface area contributed by atoms with Gasteiger partial charge in [-0.05, 0) is 38.4 Å². The Morgan fingerprint density at radius 1 is 0.968 bits per heavy atom. The standard InChI is InChI=1S/C24H30N6O/c1-3-27-12-14-29(15-13-27)24(31)20-8-6-19(7-9-20)21-17-22-25-18(2)16-23(30(22)26-21)28-10-4-5-11-28/h6-9,16-17H,3-5,10-15H2,1-2H3. The Bertz CT molecular complexity index is 1080. The van der Waals surface area contributed by atoms with Gasteiger partial charge >= 0.3 is 0 Å². The van der Waals surface area contributed by atoms with E-state index in [1.165, 1.54) is 12.8 Å². The molecular formula is C24H30N6O. The van der Waals surface area contributed by atoms with Gasteiger partial charge in [0.1, 0.15) is 5.82 Å². The highest BCUT2D eigenvalue weighted by Crippen LogP contribution is 2.26. The van der Waals surface area contributed by atoms with Crippen molar-refractivity contribution in [2.45, 2.75) is 26.7 Å². The van der Waals surface area contributed by atoms with Crippen molar-refractivity contribution < 1.29 is 4.79 Å². The molecule has 0 spiro atoms. The molecule has 0 atom stereocenters. The van der Waals surface area contributed by atoms with Crippen LogP contribution in [0.1, 0.15) is 35.8 Å². The normalized spacial score (nSPS) is 17.6. The Kier molecular flexibility index (Phi) is 5.36. The molecule has 7 nitrogen and oxygen atoms in total. The molecule has 2 saturated heterocycles. The SMILES string of the molecule is CCN1CCN(C(=O)c2ccc(-c3cc4nc(C)cc(N5CCCC5)n4n3)cc2)CC1. The number of rotatable bonds is 4. The zero-order valence-electron chi connectivity index (χ0n) is 18.4. The Morgan fingerprint density at radius 2 is 1.68 bits per heavy atom. The van der Waals surface area contributed by atoms with E-state index in [1.54, 1.807) is 0 Å². The smallest absolute Gasteiger partial charge is 0.253 e. The number of fused-ring (bicyclic) bond motifs is 1. The molecule has 7 heteroatoms. The van der Waals surface area contributed by atoms with E-state index < -0.39 is 0 Å². The Labute approximate surface area is 183 Å². The van der Waals surface area contributed by atoms with Crippen LogP contribution in [-0.4, -0.2) is 76.1 Å². The van der Waals surface area contributed by atoms with Gasteiger partial charge in [-0.3, -0.25) is 4.79 Å². The summed E-state index contributed by atoms with van der Waals surface area (Å²) in [4.78, 5) is 24.3. The zero-order chi connectivity index (χ0) is 21.4. The van der Waals surface area contributed by atoms with Gasteiger partial charge in [-0.15, -0.1) is 0 Å². The number of hydrogen-bond acceptors (Lipinski definition) is 5. The average molecular weight is 419 g/mol. The number of anilines is 1. The largest absolute Gasteiger partial charge is 0.356 e. The molecule has 31 heavy (non-hydrogen) atoms. The first-order valence-corrected chi connectivity index (χ1v) is 11.4. The molecular weight excluding hydrogens is 388 g/mol. The summed E-state index contributed by atoms with van der Waals surface area (Å²) in [6.07, 6.45) is 2.44. The number of carbonyl (C=O) groups is 1. The Morgan fingerprint density at radius 3 is 2.35 bits per heavy atom. The molecule has 0 bridgehead atoms. The van der Waals surface area contributed by atoms with Gasteiger partial charge in [0.2, 0.25) is 0 Å². The van der Waals surface area contributed by atoms with Crippen molar-refractivity contribution >= 4 is 17.4 Å². The molecule has 0 radical (unpaired) electrons. The van der Waals surface area contributed by atoms with E-state index in [-0.39, 0.29) is 5.91 Å². The maximum Gasteiger partial charge on any atom is 0.253 e. The second kappa shape index (κ2) is 8.30. The van der Waals surface area contributed by atoms with Crippen molar-refractivity contribution in [2.24, 2.45) is 0 Å². The van der Waals surface area contributed by atoms with Gasteiger partial charge in [0.05, 0.1) is 5.69 Å². The van der Waals surface area contributed by atoms with Crippen LogP contribution in [0.5, 0.6) is 0 Å². The van der Waals surface area contributed by atoms with Crippen molar-refractivity contribution in [1.29, 1.82) is 0 Å². The van der Waals surface area contributed by atoms with Crippen molar-refractivity contribution in [3.05, 3.63) is 47.7 Å². The number of likely N-dealkylation sites (N-methyl/N-ethyl adjacent to an activating group) is 1. The summed E-state index contributed by atoms with van der Waals surface area (Å²) in [7, 11) is 0. The molecule has 5 rings (SSSR count). The van der Waals surface area contributed by atoms with Gasteiger partial charge in [-0.25, -0.2) is 4.98 Å². The maximum atomic E-state index is 12.9. The zero-order valence-corrected chi connectivity index (χ0v) is 18.4. The fourth-order valence-corrected chi connectivity index (χ4v) is 4.63. The van der Waals surface area contributed by atoms with Crippen LogP contribution in [0.2, 0.25) is 0 Å². The van der Waals surface area contributed by atoms with Crippen LogP contribution < -0.4 is 4.90 Å². The van der Waals surface area contributed by atoms with E-state index in [1.807, 2.05) is 46.7 Å². The van der Waals surface area contributed by atoms with E-state index in [4.69, 9.17) is 5.10 Å². The predicted octanol–water partition coefficient (Wildman–Crippen LogP) is 3.08. The second-order valence-electron chi connectivity index (χ2n) is 8.55. The van der Waals surface area contributed by atoms with Crippen LogP contribution >= 0.6 is 0 Å². The summed E-state index contributed by atoms with van der Waals surface area (Å²) in [5.74, 6) is 1.23. The third-order valence-electron chi connectivity index (χ3n) is 6.50. The molecule has 3 aromatic rings. The predicted molar refractivity (Wildman–Crippen MR) is 123 cm³/mol. The molecule has 2 aliphatic rings. The Hall–Kier alpha value is -2.93. The minimum atomic E-state index is 0.117. The van der Waals surface area contributed by atoms with Crippen molar-refractivity contribution in [3.8, 4) is 11.3 Å². The number of hydrogen-bond donors (Lipinski definition) is 0. The molecule has 0 aliphatic carbocycles. The summed E-state index contributed by atoms with van der Waals surface area (Å²) < 4.78 is 1.96. The molecule has 2 aromatic heterocycles. The van der Waals surface area contributed by atoms with Crippen LogP contribution in [0.25, 0.3) is 16.9 Å². The fraction of sp³-hybridized carbons (Fsp3) is 0.458. The summed E-state index contributed by atoms with van der Waals surface area (Å²) in [6, 6.07) is 12.0. The van der Waals surface area contributed by atoms with Gasteiger partial charge in [0.25, 0.3) is 5.91 Å². The first-order valence-electron chi connectivity index (χ1n) is 11.4. The molecule has 2 fully saturated rings. The number of aryl methyl sites for hydroxylation is 1. The lowest BCUT2D eigenvalue weighted by Gasteiger charge is -2.34. The number of nitrogens with zero attached hydrogens (tertiary/aromatic N) is 6. The maximum absolute atomic E-state index is 12.9. The highest BCUT2D eigenvalue weighted by molar-refractivity contribution is 5.94. The summed E-state index contributed by atoms with van der Waals surface area (Å²) in [6.45, 7) is 10.9. The first kappa shape index (κ1) is 20.0. The van der Waals surface area contributed by atoms with E-state index in [9.17, 15) is 4.79 Å². The van der Waals surface area contributed by atoms with Crippen molar-refractivity contribution in [2.75, 3.05) is 50.7 Å². The average Bonchev–Trinajstić information content (AvgIpc) is 3.48. The van der Waals surface area contributed by atoms with Crippen LogP contribution in [0.3, 0.4) is 0 Å². The molecule has 0 saturated carbocycles. The summed E-state index contributed by atoms with van der Waals surface area (Å²) in [5.41, 5.74) is 4.50. The highest BCUT2D eigenvalue weighted by atomic mass is 16.2. The number of amides is 1. The molecule has 0 unspecified atom stereocenters. The summed E-state index contributed by atoms with van der Waals surface area (Å²) >= 11 is 0. The third kappa shape index (κ3) is 3.90. The molecule has 4 heterocycles. The molecule has 162 valence electrons. The lowest BCUT2D eigenvalue weighted by atomic mass is 10.1. The van der Waals surface area contributed by atoms with E-state index in [2.05, 4.69) is 27.8 Å². The monoisotopic (exact) mass is 418 g/mol. The topological polar surface area (TPSA) is 57.0 Å². The molecule has 2 aliphatic heterocycles. The fourth-order valence-electron chi connectivity index (χ4n) is 4.63. The number of benzene rings is 1. The van der Waals surface area contributed by atoms with E-state index in [0.29, 0.717) is 0 Å². The quantitative estimate of drug-likeness (QED) is 0.652. The number of aromatic nitrogens is 3. The first-order chi connectivity index (χ1) is 15.1. The minimum Gasteiger partial charge on any atom is -0.356 e. The third-order valence-corrected chi connectivity index (χ3v) is 6.50. The van der Waals surface area contributed by atoms with Crippen LogP contribution in [0.15, 0.2) is 36.4 Å². The van der Waals surface area contributed by atoms with Gasteiger partial charge in [0, 0.05) is 68.2 Å². The molecule has 1 amide bonds. The number of piperazine rings is 1. The minimum absolute atomic E-state index is 0.117. The van der Waals surface area contributed by atoms with Crippen LogP contribution in [0.4, 0.5) is 5.82 Å². The number of carbonyl (C=O) groups excluding carboxylic acids is 1. The Balaban J connectivity index is 1.38. The van der Waals surface area contributed by atoms with Crippen LogP contribution in [0, 0.1) is 6.92 Å². The lowest BCUT2D eigenvalue weighted by molar-refractivity contribution is 0.0643. The van der Waals surface area contributed by atoms with Gasteiger partial charge < -0.3 is 14.7 Å². The highest BCUT2D eigenvalue weighted by Gasteiger charge is 2.22. The van der Waals surface area contributed by atoms with Gasteiger partial charge in [0.15, 0.2) is 5.65 Å². The molecule has 0 N–H and O–H groups in total. The van der Waals surface area contributed by atoms with Crippen molar-refractivity contribution in [1.82, 2.24) is 24.4 Å². The van der Waals surface area contributed by atoms with E-state index >= 15 is 0 Å². The van der Waals surface area contributed by atoms with E-state index in [0.717, 1.165) is 79.8 Å². The summed E-state index contributed by atoms with van der Waals surface area (Å²) in [5, 5.41) is 4.86.